The summed E-state index contributed by atoms with van der Waals surface area (Å²) in [6.07, 6.45) is 6.06. The molecule has 110 valence electrons. The molecule has 0 radical (unpaired) electrons. The van der Waals surface area contributed by atoms with Crippen LogP contribution in [0.3, 0.4) is 0 Å². The van der Waals surface area contributed by atoms with E-state index in [0.29, 0.717) is 6.42 Å². The largest absolute Gasteiger partial charge is 0.302 e. The van der Waals surface area contributed by atoms with Gasteiger partial charge >= 0.3 is 0 Å². The molecular formula is C17H20N2OS. The molecule has 1 aromatic carbocycles. The fourth-order valence-corrected chi connectivity index (χ4v) is 3.71. The monoisotopic (exact) mass is 300 g/mol. The van der Waals surface area contributed by atoms with E-state index in [2.05, 4.69) is 29.4 Å². The molecule has 1 amide bonds. The first-order valence-electron chi connectivity index (χ1n) is 7.61. The number of carbonyl (C=O) groups is 1. The first kappa shape index (κ1) is 14.3. The van der Waals surface area contributed by atoms with Crippen molar-refractivity contribution >= 4 is 22.4 Å². The van der Waals surface area contributed by atoms with Gasteiger partial charge in [-0.2, -0.15) is 0 Å². The van der Waals surface area contributed by atoms with Crippen molar-refractivity contribution in [3.05, 3.63) is 46.0 Å². The zero-order valence-electron chi connectivity index (χ0n) is 12.3. The summed E-state index contributed by atoms with van der Waals surface area (Å²) in [4.78, 5) is 18.0. The Bertz CT molecular complexity index is 607. The second kappa shape index (κ2) is 6.39. The van der Waals surface area contributed by atoms with Crippen molar-refractivity contribution in [2.45, 2.75) is 45.4 Å². The number of anilines is 1. The average Bonchev–Trinajstić information content (AvgIpc) is 2.90. The molecule has 1 heterocycles. The summed E-state index contributed by atoms with van der Waals surface area (Å²) >= 11 is 1.64. The van der Waals surface area contributed by atoms with Crippen molar-refractivity contribution in [3.8, 4) is 0 Å². The van der Waals surface area contributed by atoms with Crippen molar-refractivity contribution in [2.24, 2.45) is 0 Å². The summed E-state index contributed by atoms with van der Waals surface area (Å²) in [6, 6.07) is 8.24. The van der Waals surface area contributed by atoms with E-state index in [4.69, 9.17) is 0 Å². The van der Waals surface area contributed by atoms with Gasteiger partial charge in [-0.3, -0.25) is 4.79 Å². The van der Waals surface area contributed by atoms with E-state index in [9.17, 15) is 4.79 Å². The molecule has 0 fully saturated rings. The minimum absolute atomic E-state index is 0.0188. The molecular weight excluding hydrogens is 280 g/mol. The van der Waals surface area contributed by atoms with Crippen LogP contribution >= 0.6 is 11.3 Å². The number of carbonyl (C=O) groups excluding carboxylic acids is 1. The minimum Gasteiger partial charge on any atom is -0.302 e. The second-order valence-electron chi connectivity index (χ2n) is 5.49. The Hall–Kier alpha value is -1.68. The zero-order chi connectivity index (χ0) is 14.7. The van der Waals surface area contributed by atoms with Crippen LogP contribution < -0.4 is 5.32 Å². The topological polar surface area (TPSA) is 42.0 Å². The van der Waals surface area contributed by atoms with E-state index in [-0.39, 0.29) is 5.91 Å². The molecule has 1 aliphatic carbocycles. The normalized spacial score (nSPS) is 13.8. The number of hydrogen-bond acceptors (Lipinski definition) is 3. The van der Waals surface area contributed by atoms with Gasteiger partial charge < -0.3 is 5.32 Å². The lowest BCUT2D eigenvalue weighted by Crippen LogP contribution is -2.14. The Morgan fingerprint density at radius 1 is 1.19 bits per heavy atom. The number of amides is 1. The van der Waals surface area contributed by atoms with Crippen LogP contribution in [0.15, 0.2) is 24.3 Å². The average molecular weight is 300 g/mol. The predicted molar refractivity (Wildman–Crippen MR) is 86.9 cm³/mol. The Kier molecular flexibility index (Phi) is 4.34. The molecule has 4 heteroatoms. The summed E-state index contributed by atoms with van der Waals surface area (Å²) < 4.78 is 0. The summed E-state index contributed by atoms with van der Waals surface area (Å²) in [6.45, 7) is 2.13. The van der Waals surface area contributed by atoms with Gasteiger partial charge in [0.2, 0.25) is 5.91 Å². The highest BCUT2D eigenvalue weighted by Crippen LogP contribution is 2.29. The highest BCUT2D eigenvalue weighted by Gasteiger charge is 2.16. The van der Waals surface area contributed by atoms with Crippen LogP contribution in [0.25, 0.3) is 0 Å². The molecule has 2 aromatic rings. The van der Waals surface area contributed by atoms with Crippen LogP contribution in [0.1, 0.15) is 41.5 Å². The molecule has 0 aliphatic heterocycles. The molecule has 3 rings (SSSR count). The molecule has 0 unspecified atom stereocenters. The Balaban J connectivity index is 1.61. The SMILES string of the molecule is CCc1ccc(CC(=O)Nc2nc3c(s2)CCCC3)cc1. The first-order valence-corrected chi connectivity index (χ1v) is 8.42. The number of rotatable bonds is 4. The van der Waals surface area contributed by atoms with Crippen LogP contribution in [0.5, 0.6) is 0 Å². The van der Waals surface area contributed by atoms with Gasteiger partial charge in [0.25, 0.3) is 0 Å². The van der Waals surface area contributed by atoms with Gasteiger partial charge in [-0.05, 0) is 43.2 Å². The number of aryl methyl sites for hydroxylation is 3. The van der Waals surface area contributed by atoms with Gasteiger partial charge in [-0.1, -0.05) is 31.2 Å². The quantitative estimate of drug-likeness (QED) is 0.934. The lowest BCUT2D eigenvalue weighted by atomic mass is 10.0. The van der Waals surface area contributed by atoms with Crippen molar-refractivity contribution in [1.29, 1.82) is 0 Å². The summed E-state index contributed by atoms with van der Waals surface area (Å²) in [5, 5.41) is 3.71. The first-order chi connectivity index (χ1) is 10.2. The zero-order valence-corrected chi connectivity index (χ0v) is 13.1. The van der Waals surface area contributed by atoms with E-state index in [0.717, 1.165) is 30.0 Å². The van der Waals surface area contributed by atoms with E-state index >= 15 is 0 Å². The number of nitrogens with zero attached hydrogens (tertiary/aromatic N) is 1. The van der Waals surface area contributed by atoms with Gasteiger partial charge in [0.15, 0.2) is 5.13 Å². The van der Waals surface area contributed by atoms with Gasteiger partial charge in [0.05, 0.1) is 12.1 Å². The van der Waals surface area contributed by atoms with E-state index in [1.807, 2.05) is 12.1 Å². The van der Waals surface area contributed by atoms with Gasteiger partial charge in [-0.25, -0.2) is 4.98 Å². The van der Waals surface area contributed by atoms with Crippen molar-refractivity contribution < 1.29 is 4.79 Å². The fourth-order valence-electron chi connectivity index (χ4n) is 2.65. The predicted octanol–water partition coefficient (Wildman–Crippen LogP) is 3.77. The van der Waals surface area contributed by atoms with Gasteiger partial charge in [0.1, 0.15) is 0 Å². The Morgan fingerprint density at radius 3 is 2.62 bits per heavy atom. The second-order valence-corrected chi connectivity index (χ2v) is 6.57. The Morgan fingerprint density at radius 2 is 1.90 bits per heavy atom. The van der Waals surface area contributed by atoms with E-state index < -0.39 is 0 Å². The third kappa shape index (κ3) is 3.50. The molecule has 3 nitrogen and oxygen atoms in total. The molecule has 0 saturated carbocycles. The lowest BCUT2D eigenvalue weighted by Gasteiger charge is -2.06. The van der Waals surface area contributed by atoms with Crippen LogP contribution in [-0.2, 0) is 30.5 Å². The summed E-state index contributed by atoms with van der Waals surface area (Å²) in [5.74, 6) is 0.0188. The number of nitrogens with one attached hydrogen (secondary N) is 1. The fraction of sp³-hybridized carbons (Fsp3) is 0.412. The van der Waals surface area contributed by atoms with Crippen LogP contribution in [0, 0.1) is 0 Å². The lowest BCUT2D eigenvalue weighted by molar-refractivity contribution is -0.115. The molecule has 0 spiro atoms. The summed E-state index contributed by atoms with van der Waals surface area (Å²) in [5.41, 5.74) is 3.53. The van der Waals surface area contributed by atoms with E-state index in [1.54, 1.807) is 11.3 Å². The maximum Gasteiger partial charge on any atom is 0.230 e. The van der Waals surface area contributed by atoms with Gasteiger partial charge in [-0.15, -0.1) is 11.3 Å². The number of aromatic nitrogens is 1. The number of fused-ring (bicyclic) bond motifs is 1. The number of hydrogen-bond donors (Lipinski definition) is 1. The molecule has 1 N–H and O–H groups in total. The van der Waals surface area contributed by atoms with Crippen molar-refractivity contribution in [2.75, 3.05) is 5.32 Å². The third-order valence-electron chi connectivity index (χ3n) is 3.89. The molecule has 1 aromatic heterocycles. The van der Waals surface area contributed by atoms with E-state index in [1.165, 1.54) is 29.0 Å². The van der Waals surface area contributed by atoms with Crippen LogP contribution in [-0.4, -0.2) is 10.9 Å². The summed E-state index contributed by atoms with van der Waals surface area (Å²) in [7, 11) is 0. The Labute approximate surface area is 129 Å². The third-order valence-corrected chi connectivity index (χ3v) is 4.96. The molecule has 0 bridgehead atoms. The highest BCUT2D eigenvalue weighted by molar-refractivity contribution is 7.15. The molecule has 0 saturated heterocycles. The van der Waals surface area contributed by atoms with Gasteiger partial charge in [0, 0.05) is 4.88 Å². The molecule has 21 heavy (non-hydrogen) atoms. The van der Waals surface area contributed by atoms with Crippen molar-refractivity contribution in [1.82, 2.24) is 4.98 Å². The maximum atomic E-state index is 12.1. The number of thiazole rings is 1. The standard InChI is InChI=1S/C17H20N2OS/c1-2-12-7-9-13(10-8-12)11-16(20)19-17-18-14-5-3-4-6-15(14)21-17/h7-10H,2-6,11H2,1H3,(H,18,19,20). The molecule has 0 atom stereocenters. The number of benzene rings is 1. The van der Waals surface area contributed by atoms with Crippen LogP contribution in [0.2, 0.25) is 0 Å². The smallest absolute Gasteiger partial charge is 0.230 e. The van der Waals surface area contributed by atoms with Crippen LogP contribution in [0.4, 0.5) is 5.13 Å². The maximum absolute atomic E-state index is 12.1. The van der Waals surface area contributed by atoms with Crippen molar-refractivity contribution in [3.63, 3.8) is 0 Å². The highest BCUT2D eigenvalue weighted by atomic mass is 32.1. The molecule has 1 aliphatic rings. The minimum atomic E-state index is 0.0188.